The zero-order chi connectivity index (χ0) is 17.2. The quantitative estimate of drug-likeness (QED) is 0.716. The highest BCUT2D eigenvalue weighted by molar-refractivity contribution is 7.08. The summed E-state index contributed by atoms with van der Waals surface area (Å²) in [6.45, 7) is 1.39. The Bertz CT molecular complexity index is 851. The van der Waals surface area contributed by atoms with Gasteiger partial charge < -0.3 is 9.47 Å². The van der Waals surface area contributed by atoms with E-state index >= 15 is 0 Å². The van der Waals surface area contributed by atoms with Crippen molar-refractivity contribution in [1.29, 1.82) is 0 Å². The van der Waals surface area contributed by atoms with Crippen LogP contribution in [-0.4, -0.2) is 27.4 Å². The molecule has 1 aliphatic rings. The summed E-state index contributed by atoms with van der Waals surface area (Å²) in [6, 6.07) is 10.6. The van der Waals surface area contributed by atoms with Crippen LogP contribution in [0.3, 0.4) is 0 Å². The molecule has 1 atom stereocenters. The summed E-state index contributed by atoms with van der Waals surface area (Å²) in [4.78, 5) is 19.0. The molecule has 1 aromatic carbocycles. The molecule has 128 valence electrons. The summed E-state index contributed by atoms with van der Waals surface area (Å²) in [5, 5.41) is 4.24. The molecule has 2 aromatic heterocycles. The second-order valence-electron chi connectivity index (χ2n) is 6.63. The lowest BCUT2D eigenvalue weighted by molar-refractivity contribution is -0.135. The molecule has 1 aliphatic heterocycles. The molecule has 0 saturated heterocycles. The van der Waals surface area contributed by atoms with Gasteiger partial charge in [0.25, 0.3) is 0 Å². The van der Waals surface area contributed by atoms with Crippen LogP contribution >= 0.6 is 11.3 Å². The fraction of sp³-hybridized carbons (Fsp3) is 0.300. The van der Waals surface area contributed by atoms with Crippen LogP contribution in [0.25, 0.3) is 11.1 Å². The third kappa shape index (κ3) is 3.37. The molecule has 3 aromatic rings. The molecule has 1 unspecified atom stereocenters. The van der Waals surface area contributed by atoms with Gasteiger partial charge in [-0.15, -0.1) is 0 Å². The predicted octanol–water partition coefficient (Wildman–Crippen LogP) is 3.83. The number of aryl methyl sites for hydroxylation is 1. The first kappa shape index (κ1) is 16.1. The first-order valence-electron chi connectivity index (χ1n) is 8.57. The molecule has 4 nitrogen and oxygen atoms in total. The van der Waals surface area contributed by atoms with Crippen LogP contribution in [0.15, 0.2) is 53.5 Å². The van der Waals surface area contributed by atoms with E-state index in [0.717, 1.165) is 30.8 Å². The first-order chi connectivity index (χ1) is 12.2. The van der Waals surface area contributed by atoms with Gasteiger partial charge in [-0.2, -0.15) is 11.3 Å². The third-order valence-electron chi connectivity index (χ3n) is 4.89. The normalized spacial score (nSPS) is 16.4. The predicted molar refractivity (Wildman–Crippen MR) is 100 cm³/mol. The second-order valence-corrected chi connectivity index (χ2v) is 7.41. The SMILES string of the molecule is CN(Cc1ccc(-c2ccsc2)cc1)C(=O)C1CCc2nccn2C1. The average molecular weight is 351 g/mol. The average Bonchev–Trinajstić information content (AvgIpc) is 3.32. The molecule has 4 rings (SSSR count). The number of benzene rings is 1. The van der Waals surface area contributed by atoms with E-state index in [1.54, 1.807) is 11.3 Å². The zero-order valence-electron chi connectivity index (χ0n) is 14.3. The van der Waals surface area contributed by atoms with Gasteiger partial charge >= 0.3 is 0 Å². The van der Waals surface area contributed by atoms with Gasteiger partial charge in [0.05, 0.1) is 5.92 Å². The Morgan fingerprint density at radius 1 is 1.28 bits per heavy atom. The van der Waals surface area contributed by atoms with Crippen molar-refractivity contribution in [2.75, 3.05) is 7.05 Å². The van der Waals surface area contributed by atoms with Gasteiger partial charge in [-0.05, 0) is 39.9 Å². The number of aromatic nitrogens is 2. The minimum absolute atomic E-state index is 0.0526. The Kier molecular flexibility index (Phi) is 4.40. The van der Waals surface area contributed by atoms with Crippen LogP contribution in [0, 0.1) is 5.92 Å². The molecule has 25 heavy (non-hydrogen) atoms. The van der Waals surface area contributed by atoms with Crippen molar-refractivity contribution in [2.24, 2.45) is 5.92 Å². The smallest absolute Gasteiger partial charge is 0.227 e. The van der Waals surface area contributed by atoms with E-state index in [9.17, 15) is 4.79 Å². The summed E-state index contributed by atoms with van der Waals surface area (Å²) < 4.78 is 2.11. The van der Waals surface area contributed by atoms with Crippen LogP contribution in [0.4, 0.5) is 0 Å². The Labute approximate surface area is 151 Å². The van der Waals surface area contributed by atoms with Gasteiger partial charge in [-0.1, -0.05) is 24.3 Å². The van der Waals surface area contributed by atoms with E-state index < -0.39 is 0 Å². The molecular formula is C20H21N3OS. The van der Waals surface area contributed by atoms with Crippen LogP contribution in [0.1, 0.15) is 17.8 Å². The molecule has 0 aliphatic carbocycles. The number of hydrogen-bond acceptors (Lipinski definition) is 3. The number of amides is 1. The van der Waals surface area contributed by atoms with Crippen LogP contribution < -0.4 is 0 Å². The summed E-state index contributed by atoms with van der Waals surface area (Å²) in [5.74, 6) is 1.37. The second kappa shape index (κ2) is 6.84. The minimum atomic E-state index is 0.0526. The van der Waals surface area contributed by atoms with Crippen LogP contribution in [0.2, 0.25) is 0 Å². The Balaban J connectivity index is 1.40. The van der Waals surface area contributed by atoms with E-state index in [-0.39, 0.29) is 11.8 Å². The number of thiophene rings is 1. The van der Waals surface area contributed by atoms with Crippen molar-refractivity contribution in [2.45, 2.75) is 25.9 Å². The number of rotatable bonds is 4. The van der Waals surface area contributed by atoms with Gasteiger partial charge in [-0.25, -0.2) is 4.98 Å². The highest BCUT2D eigenvalue weighted by Crippen LogP contribution is 2.24. The van der Waals surface area contributed by atoms with E-state index in [4.69, 9.17) is 0 Å². The molecule has 0 bridgehead atoms. The standard InChI is InChI=1S/C20H21N3OS/c1-22(20(24)17-6-7-19-21-9-10-23(19)13-17)12-15-2-4-16(5-3-15)18-8-11-25-14-18/h2-5,8-11,14,17H,6-7,12-13H2,1H3. The van der Waals surface area contributed by atoms with Gasteiger partial charge in [-0.3, -0.25) is 4.79 Å². The lowest BCUT2D eigenvalue weighted by atomic mass is 9.97. The van der Waals surface area contributed by atoms with E-state index in [1.165, 1.54) is 11.1 Å². The van der Waals surface area contributed by atoms with Crippen LogP contribution in [0.5, 0.6) is 0 Å². The summed E-state index contributed by atoms with van der Waals surface area (Å²) in [5.41, 5.74) is 3.63. The Morgan fingerprint density at radius 3 is 2.88 bits per heavy atom. The highest BCUT2D eigenvalue weighted by atomic mass is 32.1. The van der Waals surface area contributed by atoms with Crippen molar-refractivity contribution in [3.63, 3.8) is 0 Å². The fourth-order valence-electron chi connectivity index (χ4n) is 3.46. The molecular weight excluding hydrogens is 330 g/mol. The van der Waals surface area contributed by atoms with Gasteiger partial charge in [0, 0.05) is 39.0 Å². The lowest BCUT2D eigenvalue weighted by Gasteiger charge is -2.27. The number of carbonyl (C=O) groups is 1. The van der Waals surface area contributed by atoms with Crippen molar-refractivity contribution < 1.29 is 4.79 Å². The maximum atomic E-state index is 12.8. The molecule has 0 radical (unpaired) electrons. The van der Waals surface area contributed by atoms with Crippen molar-refractivity contribution in [1.82, 2.24) is 14.5 Å². The van der Waals surface area contributed by atoms with Crippen molar-refractivity contribution in [3.05, 3.63) is 64.9 Å². The number of hydrogen-bond donors (Lipinski definition) is 0. The summed E-state index contributed by atoms with van der Waals surface area (Å²) in [6.07, 6.45) is 5.56. The molecule has 1 amide bonds. The minimum Gasteiger partial charge on any atom is -0.341 e. The van der Waals surface area contributed by atoms with E-state index in [0.29, 0.717) is 6.54 Å². The molecule has 5 heteroatoms. The van der Waals surface area contributed by atoms with Crippen molar-refractivity contribution in [3.8, 4) is 11.1 Å². The van der Waals surface area contributed by atoms with E-state index in [2.05, 4.69) is 50.6 Å². The van der Waals surface area contributed by atoms with Gasteiger partial charge in [0.1, 0.15) is 5.82 Å². The Hall–Kier alpha value is -2.40. The molecule has 0 fully saturated rings. The zero-order valence-corrected chi connectivity index (χ0v) is 15.1. The number of nitrogens with zero attached hydrogens (tertiary/aromatic N) is 3. The van der Waals surface area contributed by atoms with Gasteiger partial charge in [0.15, 0.2) is 0 Å². The third-order valence-corrected chi connectivity index (χ3v) is 5.57. The molecule has 0 spiro atoms. The molecule has 0 saturated carbocycles. The number of imidazole rings is 1. The highest BCUT2D eigenvalue weighted by Gasteiger charge is 2.27. The van der Waals surface area contributed by atoms with Crippen molar-refractivity contribution >= 4 is 17.2 Å². The maximum Gasteiger partial charge on any atom is 0.227 e. The molecule has 3 heterocycles. The largest absolute Gasteiger partial charge is 0.341 e. The number of fused-ring (bicyclic) bond motifs is 1. The summed E-state index contributed by atoms with van der Waals surface area (Å²) >= 11 is 1.71. The fourth-order valence-corrected chi connectivity index (χ4v) is 4.13. The van der Waals surface area contributed by atoms with E-state index in [1.807, 2.05) is 24.3 Å². The lowest BCUT2D eigenvalue weighted by Crippen LogP contribution is -2.37. The number of carbonyl (C=O) groups excluding carboxylic acids is 1. The first-order valence-corrected chi connectivity index (χ1v) is 9.51. The monoisotopic (exact) mass is 351 g/mol. The maximum absolute atomic E-state index is 12.8. The van der Waals surface area contributed by atoms with Gasteiger partial charge in [0.2, 0.25) is 5.91 Å². The summed E-state index contributed by atoms with van der Waals surface area (Å²) in [7, 11) is 1.90. The van der Waals surface area contributed by atoms with Crippen LogP contribution in [-0.2, 0) is 24.3 Å². The Morgan fingerprint density at radius 2 is 2.12 bits per heavy atom. The topological polar surface area (TPSA) is 38.1 Å². The molecule has 0 N–H and O–H groups in total.